The molecular formula is C32H26N4O4S. The smallest absolute Gasteiger partial charge is 0.343 e. The number of nitro benzene ring substituents is 1. The number of hydrazone groups is 1. The summed E-state index contributed by atoms with van der Waals surface area (Å²) in [6.45, 7) is 5.95. The number of hydrogen-bond acceptors (Lipinski definition) is 8. The van der Waals surface area contributed by atoms with Gasteiger partial charge in [-0.05, 0) is 86.0 Å². The summed E-state index contributed by atoms with van der Waals surface area (Å²) < 4.78 is 5.46. The van der Waals surface area contributed by atoms with Crippen LogP contribution in [0.2, 0.25) is 0 Å². The van der Waals surface area contributed by atoms with Gasteiger partial charge >= 0.3 is 5.97 Å². The number of nitrogens with one attached hydrogen (secondary N) is 1. The zero-order valence-corrected chi connectivity index (χ0v) is 23.4. The molecule has 204 valence electrons. The standard InChI is InChI=1S/C32H26N4O4S/c1-20-9-18-28(21(2)19-20)29-30(24-10-14-26(15-11-24)36(38)39)41-32(33-29)35-34-22(3)23-12-16-27(17-13-23)40-31(37)25-7-5-4-6-8-25/h4-19H,1-3H3,(H,33,35)/b34-22-. The molecule has 0 aliphatic heterocycles. The summed E-state index contributed by atoms with van der Waals surface area (Å²) in [5, 5.41) is 16.3. The van der Waals surface area contributed by atoms with Gasteiger partial charge in [0, 0.05) is 17.7 Å². The third kappa shape index (κ3) is 6.37. The molecule has 0 fully saturated rings. The Morgan fingerprint density at radius 3 is 2.29 bits per heavy atom. The Hall–Kier alpha value is -5.15. The highest BCUT2D eigenvalue weighted by molar-refractivity contribution is 7.19. The Kier molecular flexibility index (Phi) is 7.98. The number of non-ortho nitro benzene ring substituents is 1. The summed E-state index contributed by atoms with van der Waals surface area (Å²) in [4.78, 5) is 28.8. The fourth-order valence-electron chi connectivity index (χ4n) is 4.26. The molecule has 0 bridgehead atoms. The molecule has 0 radical (unpaired) electrons. The normalized spacial score (nSPS) is 11.2. The largest absolute Gasteiger partial charge is 0.423 e. The van der Waals surface area contributed by atoms with Crippen LogP contribution in [0.1, 0.15) is 34.0 Å². The van der Waals surface area contributed by atoms with Gasteiger partial charge in [-0.3, -0.25) is 15.5 Å². The van der Waals surface area contributed by atoms with Crippen LogP contribution in [0, 0.1) is 24.0 Å². The minimum Gasteiger partial charge on any atom is -0.423 e. The summed E-state index contributed by atoms with van der Waals surface area (Å²) in [6.07, 6.45) is 0. The van der Waals surface area contributed by atoms with Crippen molar-refractivity contribution in [2.75, 3.05) is 5.43 Å². The van der Waals surface area contributed by atoms with Gasteiger partial charge in [-0.15, -0.1) is 0 Å². The van der Waals surface area contributed by atoms with Crippen molar-refractivity contribution in [3.8, 4) is 27.4 Å². The highest BCUT2D eigenvalue weighted by Gasteiger charge is 2.18. The van der Waals surface area contributed by atoms with Crippen molar-refractivity contribution in [1.82, 2.24) is 4.98 Å². The summed E-state index contributed by atoms with van der Waals surface area (Å²) >= 11 is 1.42. The van der Waals surface area contributed by atoms with Crippen LogP contribution in [0.25, 0.3) is 21.7 Å². The number of hydrogen-bond donors (Lipinski definition) is 1. The number of esters is 1. The Bertz CT molecular complexity index is 1750. The van der Waals surface area contributed by atoms with E-state index < -0.39 is 10.9 Å². The molecule has 1 N–H and O–H groups in total. The van der Waals surface area contributed by atoms with E-state index in [2.05, 4.69) is 16.6 Å². The van der Waals surface area contributed by atoms with Crippen molar-refractivity contribution in [3.63, 3.8) is 0 Å². The Morgan fingerprint density at radius 2 is 1.63 bits per heavy atom. The first-order chi connectivity index (χ1) is 19.8. The second-order valence-corrected chi connectivity index (χ2v) is 10.4. The lowest BCUT2D eigenvalue weighted by atomic mass is 10.0. The van der Waals surface area contributed by atoms with E-state index in [9.17, 15) is 14.9 Å². The van der Waals surface area contributed by atoms with Crippen molar-refractivity contribution in [2.24, 2.45) is 5.10 Å². The lowest BCUT2D eigenvalue weighted by Gasteiger charge is -2.07. The summed E-state index contributed by atoms with van der Waals surface area (Å²) in [6, 6.07) is 28.6. The number of thiazole rings is 1. The molecule has 0 aliphatic rings. The Morgan fingerprint density at radius 1 is 0.927 bits per heavy atom. The minimum absolute atomic E-state index is 0.0331. The molecule has 0 spiro atoms. The summed E-state index contributed by atoms with van der Waals surface area (Å²) in [5.41, 5.74) is 9.97. The summed E-state index contributed by atoms with van der Waals surface area (Å²) in [7, 11) is 0. The topological polar surface area (TPSA) is 107 Å². The van der Waals surface area contributed by atoms with E-state index in [0.717, 1.165) is 38.4 Å². The average Bonchev–Trinajstić information content (AvgIpc) is 3.40. The van der Waals surface area contributed by atoms with E-state index in [1.807, 2.05) is 51.1 Å². The maximum absolute atomic E-state index is 12.3. The van der Waals surface area contributed by atoms with Crippen molar-refractivity contribution < 1.29 is 14.5 Å². The van der Waals surface area contributed by atoms with Gasteiger partial charge < -0.3 is 4.74 Å². The SMILES string of the molecule is C/C(=N/Nc1nc(-c2ccc(C)cc2C)c(-c2ccc([N+](=O)[O-])cc2)s1)c1ccc(OC(=O)c2ccccc2)cc1. The number of carbonyl (C=O) groups is 1. The molecule has 5 aromatic rings. The number of benzene rings is 4. The van der Waals surface area contributed by atoms with Crippen molar-refractivity contribution in [1.29, 1.82) is 0 Å². The van der Waals surface area contributed by atoms with E-state index >= 15 is 0 Å². The molecule has 5 rings (SSSR count). The summed E-state index contributed by atoms with van der Waals surface area (Å²) in [5.74, 6) is 0.0201. The molecule has 0 atom stereocenters. The first kappa shape index (κ1) is 27.4. The number of aryl methyl sites for hydroxylation is 2. The van der Waals surface area contributed by atoms with Crippen molar-refractivity contribution in [2.45, 2.75) is 20.8 Å². The molecule has 0 aliphatic carbocycles. The number of nitrogens with zero attached hydrogens (tertiary/aromatic N) is 3. The fourth-order valence-corrected chi connectivity index (χ4v) is 5.19. The van der Waals surface area contributed by atoms with Crippen molar-refractivity contribution in [3.05, 3.63) is 129 Å². The third-order valence-corrected chi connectivity index (χ3v) is 7.42. The van der Waals surface area contributed by atoms with Crippen molar-refractivity contribution >= 4 is 33.8 Å². The van der Waals surface area contributed by atoms with Crippen LogP contribution in [0.5, 0.6) is 5.75 Å². The molecule has 8 nitrogen and oxygen atoms in total. The van der Waals surface area contributed by atoms with Crippen LogP contribution >= 0.6 is 11.3 Å². The zero-order valence-electron chi connectivity index (χ0n) is 22.6. The van der Waals surface area contributed by atoms with E-state index in [1.165, 1.54) is 23.5 Å². The van der Waals surface area contributed by atoms with Gasteiger partial charge in [-0.1, -0.05) is 53.3 Å². The molecular weight excluding hydrogens is 536 g/mol. The van der Waals surface area contributed by atoms with Crippen LogP contribution in [0.3, 0.4) is 0 Å². The number of ether oxygens (including phenoxy) is 1. The van der Waals surface area contributed by atoms with Gasteiger partial charge in [-0.25, -0.2) is 9.78 Å². The van der Waals surface area contributed by atoms with E-state index in [0.29, 0.717) is 22.2 Å². The number of rotatable bonds is 8. The molecule has 0 saturated carbocycles. The van der Waals surface area contributed by atoms with E-state index in [4.69, 9.17) is 9.72 Å². The van der Waals surface area contributed by atoms with Crippen LogP contribution in [0.4, 0.5) is 10.8 Å². The van der Waals surface area contributed by atoms with Gasteiger partial charge in [-0.2, -0.15) is 5.10 Å². The first-order valence-corrected chi connectivity index (χ1v) is 13.6. The molecule has 9 heteroatoms. The predicted molar refractivity (Wildman–Crippen MR) is 163 cm³/mol. The highest BCUT2D eigenvalue weighted by Crippen LogP contribution is 2.40. The first-order valence-electron chi connectivity index (χ1n) is 12.8. The molecule has 0 unspecified atom stereocenters. The number of anilines is 1. The zero-order chi connectivity index (χ0) is 28.9. The Balaban J connectivity index is 1.38. The molecule has 1 heterocycles. The average molecular weight is 563 g/mol. The second kappa shape index (κ2) is 11.9. The molecule has 41 heavy (non-hydrogen) atoms. The van der Waals surface area contributed by atoms with Gasteiger partial charge in [0.25, 0.3) is 5.69 Å². The molecule has 0 saturated heterocycles. The lowest BCUT2D eigenvalue weighted by Crippen LogP contribution is -2.08. The van der Waals surface area contributed by atoms with Gasteiger partial charge in [0.05, 0.1) is 26.8 Å². The molecule has 1 aromatic heterocycles. The number of nitro groups is 1. The molecule has 4 aromatic carbocycles. The maximum Gasteiger partial charge on any atom is 0.343 e. The van der Waals surface area contributed by atoms with Crippen LogP contribution in [-0.4, -0.2) is 21.6 Å². The van der Waals surface area contributed by atoms with Crippen LogP contribution < -0.4 is 10.2 Å². The number of aromatic nitrogens is 1. The minimum atomic E-state index is -0.419. The highest BCUT2D eigenvalue weighted by atomic mass is 32.1. The quantitative estimate of drug-likeness (QED) is 0.0674. The van der Waals surface area contributed by atoms with Gasteiger partial charge in [0.15, 0.2) is 0 Å². The van der Waals surface area contributed by atoms with Crippen LogP contribution in [0.15, 0.2) is 102 Å². The fraction of sp³-hybridized carbons (Fsp3) is 0.0938. The second-order valence-electron chi connectivity index (χ2n) is 9.41. The van der Waals surface area contributed by atoms with Gasteiger partial charge in [0.1, 0.15) is 5.75 Å². The third-order valence-electron chi connectivity index (χ3n) is 6.42. The maximum atomic E-state index is 12.3. The Labute approximate surface area is 241 Å². The number of carbonyl (C=O) groups excluding carboxylic acids is 1. The van der Waals surface area contributed by atoms with E-state index in [-0.39, 0.29) is 5.69 Å². The van der Waals surface area contributed by atoms with Crippen LogP contribution in [-0.2, 0) is 0 Å². The predicted octanol–water partition coefficient (Wildman–Crippen LogP) is 8.06. The van der Waals surface area contributed by atoms with E-state index in [1.54, 1.807) is 48.5 Å². The monoisotopic (exact) mass is 562 g/mol. The molecule has 0 amide bonds. The lowest BCUT2D eigenvalue weighted by molar-refractivity contribution is -0.384. The van der Waals surface area contributed by atoms with Gasteiger partial charge in [0.2, 0.25) is 5.13 Å².